The molecule has 0 fully saturated rings. The van der Waals surface area contributed by atoms with Crippen molar-refractivity contribution in [2.45, 2.75) is 12.8 Å². The summed E-state index contributed by atoms with van der Waals surface area (Å²) in [6.07, 6.45) is 7.00. The van der Waals surface area contributed by atoms with E-state index < -0.39 is 0 Å². The topological polar surface area (TPSA) is 9.23 Å². The van der Waals surface area contributed by atoms with Gasteiger partial charge < -0.3 is 4.43 Å². The van der Waals surface area contributed by atoms with Gasteiger partial charge in [0.1, 0.15) is 5.55 Å². The summed E-state index contributed by atoms with van der Waals surface area (Å²) in [4.78, 5) is 0. The maximum Gasteiger partial charge on any atom is 0.204 e. The van der Waals surface area contributed by atoms with E-state index in [4.69, 9.17) is 0 Å². The highest BCUT2D eigenvalue weighted by Gasteiger charge is 1.81. The molecule has 0 aromatic heterocycles. The number of hydrogen-bond donors (Lipinski definition) is 0. The van der Waals surface area contributed by atoms with E-state index in [2.05, 4.69) is 28.8 Å². The molecule has 46 valence electrons. The first kappa shape index (κ1) is 7.85. The third kappa shape index (κ3) is 5.85. The molecule has 0 heterocycles. The van der Waals surface area contributed by atoms with E-state index in [1.807, 2.05) is 0 Å². The van der Waals surface area contributed by atoms with Crippen LogP contribution in [0.1, 0.15) is 12.8 Å². The van der Waals surface area contributed by atoms with Crippen LogP contribution in [0.4, 0.5) is 0 Å². The van der Waals surface area contributed by atoms with E-state index in [0.717, 1.165) is 10.5 Å². The minimum atomic E-state index is 0.730. The van der Waals surface area contributed by atoms with Crippen molar-refractivity contribution in [3.05, 3.63) is 12.2 Å². The Labute approximate surface area is 58.3 Å². The van der Waals surface area contributed by atoms with Gasteiger partial charge in [-0.2, -0.15) is 0 Å². The van der Waals surface area contributed by atoms with E-state index >= 15 is 0 Å². The minimum absolute atomic E-state index is 0.730. The van der Waals surface area contributed by atoms with Crippen molar-refractivity contribution < 1.29 is 4.43 Å². The Kier molecular flexibility index (Phi) is 6.72. The summed E-state index contributed by atoms with van der Waals surface area (Å²) in [5, 5.41) is 0. The Morgan fingerprint density at radius 2 is 1.75 bits per heavy atom. The second-order valence-electron chi connectivity index (χ2n) is 1.38. The molecule has 0 aromatic rings. The Hall–Kier alpha value is -0.153. The molecular formula is C5H10OSSi. The van der Waals surface area contributed by atoms with E-state index in [1.165, 1.54) is 18.4 Å². The first-order chi connectivity index (χ1) is 3.91. The maximum absolute atomic E-state index is 4.37. The van der Waals surface area contributed by atoms with Crippen LogP contribution in [0.2, 0.25) is 0 Å². The Balaban J connectivity index is 0.000000122. The lowest BCUT2D eigenvalue weighted by Gasteiger charge is -1.92. The van der Waals surface area contributed by atoms with Crippen LogP contribution >= 0.6 is 12.2 Å². The molecule has 3 heteroatoms. The van der Waals surface area contributed by atoms with Crippen LogP contribution in [-0.2, 0) is 4.43 Å². The smallest absolute Gasteiger partial charge is 0.204 e. The van der Waals surface area contributed by atoms with Gasteiger partial charge in [-0.15, -0.1) is 0 Å². The van der Waals surface area contributed by atoms with Gasteiger partial charge in [-0.1, -0.05) is 12.2 Å². The van der Waals surface area contributed by atoms with Crippen molar-refractivity contribution in [1.82, 2.24) is 0 Å². The zero-order valence-corrected chi connectivity index (χ0v) is 7.78. The van der Waals surface area contributed by atoms with E-state index in [9.17, 15) is 0 Å². The molecule has 0 N–H and O–H groups in total. The third-order valence-electron chi connectivity index (χ3n) is 0.763. The molecule has 0 aromatic carbocycles. The van der Waals surface area contributed by atoms with Crippen LogP contribution in [-0.4, -0.2) is 16.0 Å². The second-order valence-corrected chi connectivity index (χ2v) is 2.04. The Morgan fingerprint density at radius 1 is 1.50 bits per heavy atom. The van der Waals surface area contributed by atoms with E-state index in [0.29, 0.717) is 0 Å². The molecule has 0 radical (unpaired) electrons. The second kappa shape index (κ2) is 6.85. The van der Waals surface area contributed by atoms with Gasteiger partial charge in [0.2, 0.25) is 10.5 Å². The van der Waals surface area contributed by atoms with Crippen molar-refractivity contribution in [2.75, 3.05) is 0 Å². The molecular weight excluding hydrogens is 136 g/mol. The summed E-state index contributed by atoms with van der Waals surface area (Å²) < 4.78 is 4.37. The Morgan fingerprint density at radius 3 is 1.75 bits per heavy atom. The van der Waals surface area contributed by atoms with Gasteiger partial charge in [-0.3, -0.25) is 0 Å². The summed E-state index contributed by atoms with van der Waals surface area (Å²) in [6, 6.07) is 0. The molecule has 0 unspecified atom stereocenters. The zero-order chi connectivity index (χ0) is 6.24. The quantitative estimate of drug-likeness (QED) is 0.304. The van der Waals surface area contributed by atoms with Gasteiger partial charge in [0, 0.05) is 0 Å². The van der Waals surface area contributed by atoms with Crippen molar-refractivity contribution >= 4 is 28.3 Å². The zero-order valence-electron chi connectivity index (χ0n) is 4.96. The number of hydrogen-bond acceptors (Lipinski definition) is 2. The predicted octanol–water partition coefficient (Wildman–Crippen LogP) is 0.577. The molecule has 0 spiro atoms. The normalized spacial score (nSPS) is 13.0. The first-order valence-corrected chi connectivity index (χ1v) is 3.82. The molecule has 1 rings (SSSR count). The predicted molar refractivity (Wildman–Crippen MR) is 43.1 cm³/mol. The lowest BCUT2D eigenvalue weighted by atomic mass is 10.1. The molecule has 1 aliphatic rings. The van der Waals surface area contributed by atoms with Gasteiger partial charge in [-0.25, -0.2) is 0 Å². The van der Waals surface area contributed by atoms with Gasteiger partial charge in [0.25, 0.3) is 0 Å². The average Bonchev–Trinajstić information content (AvgIpc) is 1.61. The van der Waals surface area contributed by atoms with Crippen LogP contribution in [0.25, 0.3) is 0 Å². The first-order valence-electron chi connectivity index (χ1n) is 2.53. The van der Waals surface area contributed by atoms with Crippen molar-refractivity contribution in [1.29, 1.82) is 0 Å². The number of allylic oxidation sites excluding steroid dienone is 2. The molecule has 0 saturated carbocycles. The highest BCUT2D eigenvalue weighted by Crippen LogP contribution is 2.01. The van der Waals surface area contributed by atoms with Crippen molar-refractivity contribution in [3.63, 3.8) is 0 Å². The molecule has 0 atom stereocenters. The standard InChI is InChI=1S/C4H6.CH4OSSi/c1-2-4-3-1;3-1-2-4/h1-2H,3-4H2;1H,4H3. The third-order valence-corrected chi connectivity index (χ3v) is 1.53. The fraction of sp³-hybridized carbons (Fsp3) is 0.400. The molecule has 1 nitrogen and oxygen atoms in total. The van der Waals surface area contributed by atoms with Crippen LogP contribution < -0.4 is 0 Å². The fourth-order valence-corrected chi connectivity index (χ4v) is 0.167. The van der Waals surface area contributed by atoms with Crippen LogP contribution in [0.5, 0.6) is 0 Å². The molecule has 0 bridgehead atoms. The van der Waals surface area contributed by atoms with Gasteiger partial charge in [-0.05, 0) is 25.1 Å². The largest absolute Gasteiger partial charge is 0.551 e. The van der Waals surface area contributed by atoms with Crippen LogP contribution in [0.3, 0.4) is 0 Å². The lowest BCUT2D eigenvalue weighted by molar-refractivity contribution is 0.655. The van der Waals surface area contributed by atoms with Crippen LogP contribution in [0, 0.1) is 0 Å². The van der Waals surface area contributed by atoms with Gasteiger partial charge in [0.15, 0.2) is 0 Å². The number of rotatable bonds is 1. The van der Waals surface area contributed by atoms with Crippen LogP contribution in [0.15, 0.2) is 12.2 Å². The van der Waals surface area contributed by atoms with Gasteiger partial charge >= 0.3 is 0 Å². The molecule has 0 amide bonds. The van der Waals surface area contributed by atoms with Crippen molar-refractivity contribution in [2.24, 2.45) is 0 Å². The average molecular weight is 146 g/mol. The summed E-state index contributed by atoms with van der Waals surface area (Å²) in [5.74, 6) is 0. The monoisotopic (exact) mass is 146 g/mol. The summed E-state index contributed by atoms with van der Waals surface area (Å²) in [7, 11) is 0.730. The van der Waals surface area contributed by atoms with Crippen molar-refractivity contribution in [3.8, 4) is 0 Å². The summed E-state index contributed by atoms with van der Waals surface area (Å²) in [5.41, 5.74) is 1.27. The summed E-state index contributed by atoms with van der Waals surface area (Å²) in [6.45, 7) is 0. The highest BCUT2D eigenvalue weighted by molar-refractivity contribution is 7.78. The Bertz CT molecular complexity index is 76.5. The lowest BCUT2D eigenvalue weighted by Crippen LogP contribution is -1.71. The molecule has 1 aliphatic carbocycles. The molecule has 8 heavy (non-hydrogen) atoms. The maximum atomic E-state index is 4.37. The molecule has 0 aliphatic heterocycles. The SMILES string of the molecule is C1=CCC1.[SiH3]OC=S. The fourth-order valence-electron chi connectivity index (χ4n) is 0.167. The van der Waals surface area contributed by atoms with E-state index in [-0.39, 0.29) is 0 Å². The summed E-state index contributed by atoms with van der Waals surface area (Å²) >= 11 is 4.24. The number of thiocarbonyl (C=S) groups is 1. The van der Waals surface area contributed by atoms with E-state index in [1.54, 1.807) is 0 Å². The molecule has 0 saturated heterocycles. The van der Waals surface area contributed by atoms with Gasteiger partial charge in [0.05, 0.1) is 0 Å². The highest BCUT2D eigenvalue weighted by atomic mass is 32.1. The minimum Gasteiger partial charge on any atom is -0.551 e.